The molecule has 1 aliphatic heterocycles. The number of amides is 1. The quantitative estimate of drug-likeness (QED) is 0.773. The van der Waals surface area contributed by atoms with E-state index in [1.807, 2.05) is 6.07 Å². The van der Waals surface area contributed by atoms with Crippen LogP contribution >= 0.6 is 0 Å². The number of aryl methyl sites for hydroxylation is 1. The summed E-state index contributed by atoms with van der Waals surface area (Å²) < 4.78 is 6.76. The molecule has 1 amide bonds. The van der Waals surface area contributed by atoms with E-state index < -0.39 is 0 Å². The molecule has 0 saturated carbocycles. The average molecular weight is 353 g/mol. The van der Waals surface area contributed by atoms with Crippen molar-refractivity contribution in [3.05, 3.63) is 52.2 Å². The second-order valence-corrected chi connectivity index (χ2v) is 6.35. The SMILES string of the molecule is COc1nn(C)cc1C(=O)N1CCCC1c1nc2ccccc2c(=O)[nH]1. The summed E-state index contributed by atoms with van der Waals surface area (Å²) in [5.41, 5.74) is 0.846. The topological polar surface area (TPSA) is 93.1 Å². The Morgan fingerprint density at radius 3 is 2.96 bits per heavy atom. The number of carbonyl (C=O) groups excluding carboxylic acids is 1. The van der Waals surface area contributed by atoms with Crippen LogP contribution in [0, 0.1) is 0 Å². The van der Waals surface area contributed by atoms with E-state index in [0.717, 1.165) is 12.8 Å². The van der Waals surface area contributed by atoms with Gasteiger partial charge in [-0.2, -0.15) is 0 Å². The minimum absolute atomic E-state index is 0.173. The van der Waals surface area contributed by atoms with Crippen LogP contribution in [0.3, 0.4) is 0 Å². The fourth-order valence-corrected chi connectivity index (χ4v) is 3.48. The molecular weight excluding hydrogens is 334 g/mol. The number of aromatic amines is 1. The molecule has 3 aromatic rings. The van der Waals surface area contributed by atoms with E-state index in [4.69, 9.17) is 4.74 Å². The molecule has 8 nitrogen and oxygen atoms in total. The van der Waals surface area contributed by atoms with E-state index in [0.29, 0.717) is 34.7 Å². The molecule has 1 saturated heterocycles. The highest BCUT2D eigenvalue weighted by Gasteiger charge is 2.34. The molecule has 3 heterocycles. The maximum atomic E-state index is 13.0. The Morgan fingerprint density at radius 2 is 2.15 bits per heavy atom. The lowest BCUT2D eigenvalue weighted by Gasteiger charge is -2.23. The molecule has 1 atom stereocenters. The number of nitrogens with zero attached hydrogens (tertiary/aromatic N) is 4. The Labute approximate surface area is 149 Å². The molecule has 0 bridgehead atoms. The third kappa shape index (κ3) is 2.63. The van der Waals surface area contributed by atoms with Gasteiger partial charge in [-0.05, 0) is 25.0 Å². The van der Waals surface area contributed by atoms with Gasteiger partial charge in [-0.1, -0.05) is 12.1 Å². The van der Waals surface area contributed by atoms with Crippen molar-refractivity contribution in [3.8, 4) is 5.88 Å². The van der Waals surface area contributed by atoms with E-state index in [1.165, 1.54) is 7.11 Å². The third-order valence-electron chi connectivity index (χ3n) is 4.68. The lowest BCUT2D eigenvalue weighted by Crippen LogP contribution is -2.32. The normalized spacial score (nSPS) is 17.0. The number of ether oxygens (including phenoxy) is 1. The Kier molecular flexibility index (Phi) is 3.95. The first-order valence-electron chi connectivity index (χ1n) is 8.46. The van der Waals surface area contributed by atoms with Gasteiger partial charge >= 0.3 is 0 Å². The van der Waals surface area contributed by atoms with E-state index in [2.05, 4.69) is 15.1 Å². The zero-order valence-electron chi connectivity index (χ0n) is 14.6. The van der Waals surface area contributed by atoms with Gasteiger partial charge in [0.2, 0.25) is 5.88 Å². The van der Waals surface area contributed by atoms with Gasteiger partial charge in [0.15, 0.2) is 0 Å². The summed E-state index contributed by atoms with van der Waals surface area (Å²) in [6, 6.07) is 6.92. The van der Waals surface area contributed by atoms with Crippen molar-refractivity contribution in [2.75, 3.05) is 13.7 Å². The van der Waals surface area contributed by atoms with Crippen molar-refractivity contribution in [1.82, 2.24) is 24.6 Å². The van der Waals surface area contributed by atoms with Gasteiger partial charge in [0.25, 0.3) is 11.5 Å². The van der Waals surface area contributed by atoms with Gasteiger partial charge in [-0.15, -0.1) is 5.10 Å². The number of para-hydroxylation sites is 1. The summed E-state index contributed by atoms with van der Waals surface area (Å²) in [5, 5.41) is 4.69. The van der Waals surface area contributed by atoms with Crippen LogP contribution in [0.4, 0.5) is 0 Å². The summed E-state index contributed by atoms with van der Waals surface area (Å²) in [5.74, 6) is 0.638. The number of methoxy groups -OCH3 is 1. The van der Waals surface area contributed by atoms with Crippen LogP contribution in [0.5, 0.6) is 5.88 Å². The molecule has 0 radical (unpaired) electrons. The van der Waals surface area contributed by atoms with Crippen LogP contribution in [0.2, 0.25) is 0 Å². The molecule has 1 fully saturated rings. The van der Waals surface area contributed by atoms with E-state index >= 15 is 0 Å². The van der Waals surface area contributed by atoms with Gasteiger partial charge in [0.1, 0.15) is 11.4 Å². The van der Waals surface area contributed by atoms with Crippen molar-refractivity contribution in [1.29, 1.82) is 0 Å². The van der Waals surface area contributed by atoms with Crippen molar-refractivity contribution in [2.45, 2.75) is 18.9 Å². The number of H-pyrrole nitrogens is 1. The predicted octanol–water partition coefficient (Wildman–Crippen LogP) is 1.64. The minimum Gasteiger partial charge on any atom is -0.479 e. The smallest absolute Gasteiger partial charge is 0.261 e. The van der Waals surface area contributed by atoms with E-state index in [9.17, 15) is 9.59 Å². The number of aromatic nitrogens is 4. The molecule has 1 aromatic carbocycles. The highest BCUT2D eigenvalue weighted by Crippen LogP contribution is 2.32. The molecule has 1 unspecified atom stereocenters. The molecule has 0 spiro atoms. The largest absolute Gasteiger partial charge is 0.479 e. The number of carbonyl (C=O) groups is 1. The number of rotatable bonds is 3. The molecule has 1 N–H and O–H groups in total. The Balaban J connectivity index is 1.73. The number of benzene rings is 1. The molecule has 4 rings (SSSR count). The van der Waals surface area contributed by atoms with Crippen LogP contribution in [0.15, 0.2) is 35.3 Å². The van der Waals surface area contributed by atoms with Gasteiger partial charge < -0.3 is 14.6 Å². The summed E-state index contributed by atoms with van der Waals surface area (Å²) in [7, 11) is 3.23. The second-order valence-electron chi connectivity index (χ2n) is 6.35. The lowest BCUT2D eigenvalue weighted by atomic mass is 10.1. The van der Waals surface area contributed by atoms with Gasteiger partial charge in [0, 0.05) is 19.8 Å². The first-order valence-corrected chi connectivity index (χ1v) is 8.46. The van der Waals surface area contributed by atoms with Crippen LogP contribution in [-0.2, 0) is 7.05 Å². The zero-order chi connectivity index (χ0) is 18.3. The van der Waals surface area contributed by atoms with Crippen molar-refractivity contribution >= 4 is 16.8 Å². The van der Waals surface area contributed by atoms with Crippen molar-refractivity contribution < 1.29 is 9.53 Å². The molecule has 134 valence electrons. The molecule has 26 heavy (non-hydrogen) atoms. The molecule has 0 aliphatic carbocycles. The average Bonchev–Trinajstić information content (AvgIpc) is 3.27. The highest BCUT2D eigenvalue weighted by molar-refractivity contribution is 5.96. The Hall–Kier alpha value is -3.16. The number of likely N-dealkylation sites (tertiary alicyclic amines) is 1. The number of hydrogen-bond donors (Lipinski definition) is 1. The minimum atomic E-state index is -0.273. The maximum absolute atomic E-state index is 13.0. The summed E-state index contributed by atoms with van der Waals surface area (Å²) >= 11 is 0. The Morgan fingerprint density at radius 1 is 1.35 bits per heavy atom. The fraction of sp³-hybridized carbons (Fsp3) is 0.333. The summed E-state index contributed by atoms with van der Waals surface area (Å²) in [4.78, 5) is 34.6. The standard InChI is InChI=1S/C18H19N5O3/c1-22-10-12(17(21-22)26-2)18(25)23-9-5-8-14(23)15-19-13-7-4-3-6-11(13)16(24)20-15/h3-4,6-7,10,14H,5,8-9H2,1-2H3,(H,19,20,24). The number of nitrogens with one attached hydrogen (secondary N) is 1. The van der Waals surface area contributed by atoms with Crippen LogP contribution < -0.4 is 10.3 Å². The number of hydrogen-bond acceptors (Lipinski definition) is 5. The molecule has 2 aromatic heterocycles. The molecule has 1 aliphatic rings. The first-order chi connectivity index (χ1) is 12.6. The van der Waals surface area contributed by atoms with E-state index in [1.54, 1.807) is 41.0 Å². The van der Waals surface area contributed by atoms with Crippen molar-refractivity contribution in [3.63, 3.8) is 0 Å². The zero-order valence-corrected chi connectivity index (χ0v) is 14.6. The van der Waals surface area contributed by atoms with Gasteiger partial charge in [-0.3, -0.25) is 14.3 Å². The third-order valence-corrected chi connectivity index (χ3v) is 4.68. The van der Waals surface area contributed by atoms with Crippen LogP contribution in [-0.4, -0.2) is 44.2 Å². The monoisotopic (exact) mass is 353 g/mol. The van der Waals surface area contributed by atoms with Gasteiger partial charge in [-0.25, -0.2) is 4.98 Å². The second kappa shape index (κ2) is 6.29. The predicted molar refractivity (Wildman–Crippen MR) is 95.1 cm³/mol. The lowest BCUT2D eigenvalue weighted by molar-refractivity contribution is 0.0726. The summed E-state index contributed by atoms with van der Waals surface area (Å²) in [6.07, 6.45) is 3.23. The van der Waals surface area contributed by atoms with Crippen molar-refractivity contribution in [2.24, 2.45) is 7.05 Å². The maximum Gasteiger partial charge on any atom is 0.261 e. The highest BCUT2D eigenvalue weighted by atomic mass is 16.5. The summed E-state index contributed by atoms with van der Waals surface area (Å²) in [6.45, 7) is 0.595. The van der Waals surface area contributed by atoms with E-state index in [-0.39, 0.29) is 17.5 Å². The number of fused-ring (bicyclic) bond motifs is 1. The first kappa shape index (κ1) is 16.3. The fourth-order valence-electron chi connectivity index (χ4n) is 3.48. The van der Waals surface area contributed by atoms with Gasteiger partial charge in [0.05, 0.1) is 24.1 Å². The Bertz CT molecular complexity index is 1040. The van der Waals surface area contributed by atoms with Crippen LogP contribution in [0.25, 0.3) is 10.9 Å². The molecular formula is C18H19N5O3. The molecule has 8 heteroatoms. The van der Waals surface area contributed by atoms with Crippen LogP contribution in [0.1, 0.15) is 35.1 Å².